The molecule has 3 saturated heterocycles. The molecule has 1 aromatic heterocycles. The van der Waals surface area contributed by atoms with Crippen LogP contribution in [0, 0.1) is 5.82 Å². The van der Waals surface area contributed by atoms with E-state index in [1.165, 1.54) is 17.0 Å². The maximum atomic E-state index is 13.8. The lowest BCUT2D eigenvalue weighted by atomic mass is 10.1. The molecule has 1 N–H and O–H groups in total. The summed E-state index contributed by atoms with van der Waals surface area (Å²) in [5, 5.41) is 9.78. The molecule has 0 spiro atoms. The second-order valence-corrected chi connectivity index (χ2v) is 11.0. The molecule has 3 fully saturated rings. The SMILES string of the molecule is C[C@@H]1CN(CC(=O)N2CCOc3ncc(Cc4ccc(F)cc4)cc32)[C@@H](CN2C[C@H]3C[C@@H]2CO3)CN1C(=O)O. The van der Waals surface area contributed by atoms with Gasteiger partial charge in [0.25, 0.3) is 0 Å². The highest BCUT2D eigenvalue weighted by Gasteiger charge is 2.43. The van der Waals surface area contributed by atoms with Crippen molar-refractivity contribution in [2.75, 3.05) is 57.4 Å². The Morgan fingerprint density at radius 2 is 1.95 bits per heavy atom. The number of amides is 2. The van der Waals surface area contributed by atoms with Gasteiger partial charge in [-0.05, 0) is 49.1 Å². The number of carbonyl (C=O) groups is 2. The summed E-state index contributed by atoms with van der Waals surface area (Å²) in [4.78, 5) is 37.9. The van der Waals surface area contributed by atoms with Gasteiger partial charge in [-0.3, -0.25) is 14.6 Å². The molecule has 4 atom stereocenters. The molecule has 10 nitrogen and oxygen atoms in total. The van der Waals surface area contributed by atoms with E-state index in [2.05, 4.69) is 14.8 Å². The molecule has 208 valence electrons. The van der Waals surface area contributed by atoms with Gasteiger partial charge in [0, 0.05) is 50.5 Å². The average molecular weight is 540 g/mol. The molecule has 4 aliphatic rings. The van der Waals surface area contributed by atoms with E-state index >= 15 is 0 Å². The van der Waals surface area contributed by atoms with Gasteiger partial charge in [-0.15, -0.1) is 0 Å². The Morgan fingerprint density at radius 1 is 1.13 bits per heavy atom. The first-order valence-electron chi connectivity index (χ1n) is 13.6. The summed E-state index contributed by atoms with van der Waals surface area (Å²) >= 11 is 0. The van der Waals surface area contributed by atoms with Gasteiger partial charge >= 0.3 is 6.09 Å². The minimum atomic E-state index is -0.924. The van der Waals surface area contributed by atoms with E-state index in [1.54, 1.807) is 23.2 Å². The highest BCUT2D eigenvalue weighted by molar-refractivity contribution is 5.96. The van der Waals surface area contributed by atoms with E-state index in [4.69, 9.17) is 9.47 Å². The number of nitrogens with zero attached hydrogens (tertiary/aromatic N) is 5. The standard InChI is InChI=1S/C28H34FN5O5/c1-18-12-31(23(14-34(18)28(36)37)13-32-15-24-10-22(32)17-39-24)16-26(35)33-6-7-38-27-25(33)9-20(11-30-27)8-19-2-4-21(29)5-3-19/h2-5,9,11,18,22-24H,6-8,10,12-17H2,1H3,(H,36,37)/t18-,22-,23+,24-/m1/s1. The van der Waals surface area contributed by atoms with Crippen LogP contribution in [0.25, 0.3) is 0 Å². The fraction of sp³-hybridized carbons (Fsp3) is 0.536. The van der Waals surface area contributed by atoms with Gasteiger partial charge in [0.15, 0.2) is 0 Å². The number of anilines is 1. The number of piperazine rings is 1. The van der Waals surface area contributed by atoms with Crippen molar-refractivity contribution in [1.82, 2.24) is 19.7 Å². The zero-order chi connectivity index (χ0) is 27.1. The van der Waals surface area contributed by atoms with E-state index < -0.39 is 6.09 Å². The number of aromatic nitrogens is 1. The highest BCUT2D eigenvalue weighted by atomic mass is 19.1. The maximum Gasteiger partial charge on any atom is 0.407 e. The van der Waals surface area contributed by atoms with Crippen molar-refractivity contribution >= 4 is 17.7 Å². The normalized spacial score (nSPS) is 26.9. The highest BCUT2D eigenvalue weighted by Crippen LogP contribution is 2.32. The Labute approximate surface area is 226 Å². The second-order valence-electron chi connectivity index (χ2n) is 11.0. The first kappa shape index (κ1) is 26.0. The Morgan fingerprint density at radius 3 is 2.67 bits per heavy atom. The number of rotatable bonds is 6. The van der Waals surface area contributed by atoms with Crippen LogP contribution in [0.1, 0.15) is 24.5 Å². The van der Waals surface area contributed by atoms with Crippen molar-refractivity contribution in [1.29, 1.82) is 0 Å². The molecule has 39 heavy (non-hydrogen) atoms. The summed E-state index contributed by atoms with van der Waals surface area (Å²) < 4.78 is 24.8. The Kier molecular flexibility index (Phi) is 7.13. The van der Waals surface area contributed by atoms with Crippen LogP contribution in [0.2, 0.25) is 0 Å². The molecule has 4 aliphatic heterocycles. The molecule has 2 aromatic rings. The molecule has 1 aromatic carbocycles. The lowest BCUT2D eigenvalue weighted by molar-refractivity contribution is -0.121. The van der Waals surface area contributed by atoms with Crippen LogP contribution < -0.4 is 9.64 Å². The number of fused-ring (bicyclic) bond motifs is 3. The molecule has 11 heteroatoms. The molecule has 0 aliphatic carbocycles. The quantitative estimate of drug-likeness (QED) is 0.596. The first-order chi connectivity index (χ1) is 18.8. The maximum absolute atomic E-state index is 13.8. The van der Waals surface area contributed by atoms with E-state index in [1.807, 2.05) is 13.0 Å². The molecule has 0 radical (unpaired) electrons. The van der Waals surface area contributed by atoms with E-state index in [0.29, 0.717) is 63.4 Å². The van der Waals surface area contributed by atoms with Gasteiger partial charge in [-0.25, -0.2) is 14.2 Å². The zero-order valence-corrected chi connectivity index (χ0v) is 22.0. The van der Waals surface area contributed by atoms with Crippen molar-refractivity contribution < 1.29 is 28.6 Å². The van der Waals surface area contributed by atoms with Crippen molar-refractivity contribution in [2.24, 2.45) is 0 Å². The lowest BCUT2D eigenvalue weighted by Crippen LogP contribution is -2.63. The molecule has 6 rings (SSSR count). The van der Waals surface area contributed by atoms with Gasteiger partial charge < -0.3 is 24.4 Å². The molecule has 2 amide bonds. The number of morpholine rings is 1. The van der Waals surface area contributed by atoms with Crippen molar-refractivity contribution in [3.05, 3.63) is 53.5 Å². The number of benzene rings is 1. The fourth-order valence-electron chi connectivity index (χ4n) is 6.31. The number of hydrogen-bond acceptors (Lipinski definition) is 7. The summed E-state index contributed by atoms with van der Waals surface area (Å²) in [7, 11) is 0. The first-order valence-corrected chi connectivity index (χ1v) is 13.6. The van der Waals surface area contributed by atoms with Gasteiger partial charge in [0.2, 0.25) is 11.8 Å². The Hall–Kier alpha value is -3.28. The molecule has 0 saturated carbocycles. The predicted octanol–water partition coefficient (Wildman–Crippen LogP) is 2.06. The molecule has 2 bridgehead atoms. The van der Waals surface area contributed by atoms with Crippen molar-refractivity contribution in [2.45, 2.75) is 44.0 Å². The number of hydrogen-bond donors (Lipinski definition) is 1. The van der Waals surface area contributed by atoms with Crippen LogP contribution in [-0.4, -0.2) is 114 Å². The lowest BCUT2D eigenvalue weighted by Gasteiger charge is -2.46. The summed E-state index contributed by atoms with van der Waals surface area (Å²) in [6.07, 6.45) is 2.63. The van der Waals surface area contributed by atoms with E-state index in [9.17, 15) is 19.1 Å². The Bertz CT molecular complexity index is 1230. The summed E-state index contributed by atoms with van der Waals surface area (Å²) in [5.41, 5.74) is 2.48. The second kappa shape index (κ2) is 10.7. The third-order valence-corrected chi connectivity index (χ3v) is 8.35. The van der Waals surface area contributed by atoms with Gasteiger partial charge in [-0.1, -0.05) is 12.1 Å². The van der Waals surface area contributed by atoms with E-state index in [-0.39, 0.29) is 36.5 Å². The summed E-state index contributed by atoms with van der Waals surface area (Å²) in [5.74, 6) is 0.0774. The number of carboxylic acid groups (broad SMARTS) is 1. The number of pyridine rings is 1. The molecular weight excluding hydrogens is 505 g/mol. The number of halogens is 1. The average Bonchev–Trinajstić information content (AvgIpc) is 3.54. The molecule has 5 heterocycles. The zero-order valence-electron chi connectivity index (χ0n) is 22.0. The largest absolute Gasteiger partial charge is 0.474 e. The van der Waals surface area contributed by atoms with Crippen LogP contribution in [0.15, 0.2) is 36.5 Å². The summed E-state index contributed by atoms with van der Waals surface area (Å²) in [6, 6.07) is 8.32. The van der Waals surface area contributed by atoms with Gasteiger partial charge in [0.05, 0.1) is 25.8 Å². The topological polar surface area (TPSA) is 98.7 Å². The van der Waals surface area contributed by atoms with Crippen LogP contribution in [-0.2, 0) is 16.0 Å². The monoisotopic (exact) mass is 539 g/mol. The summed E-state index contributed by atoms with van der Waals surface area (Å²) in [6.45, 7) is 5.96. The van der Waals surface area contributed by atoms with Crippen LogP contribution in [0.5, 0.6) is 5.88 Å². The molecular formula is C28H34FN5O5. The minimum absolute atomic E-state index is 0.0625. The Balaban J connectivity index is 1.19. The fourth-order valence-corrected chi connectivity index (χ4v) is 6.31. The molecule has 0 unspecified atom stereocenters. The predicted molar refractivity (Wildman–Crippen MR) is 141 cm³/mol. The van der Waals surface area contributed by atoms with Crippen LogP contribution >= 0.6 is 0 Å². The minimum Gasteiger partial charge on any atom is -0.474 e. The smallest absolute Gasteiger partial charge is 0.407 e. The number of likely N-dealkylation sites (tertiary alicyclic amines) is 1. The number of carbonyl (C=O) groups excluding carboxylic acids is 1. The third kappa shape index (κ3) is 5.43. The van der Waals surface area contributed by atoms with E-state index in [0.717, 1.165) is 24.1 Å². The van der Waals surface area contributed by atoms with Crippen molar-refractivity contribution in [3.8, 4) is 5.88 Å². The van der Waals surface area contributed by atoms with Gasteiger partial charge in [0.1, 0.15) is 18.1 Å². The third-order valence-electron chi connectivity index (χ3n) is 8.35. The number of ether oxygens (including phenoxy) is 2. The van der Waals surface area contributed by atoms with Crippen molar-refractivity contribution in [3.63, 3.8) is 0 Å². The van der Waals surface area contributed by atoms with Gasteiger partial charge in [-0.2, -0.15) is 0 Å². The van der Waals surface area contributed by atoms with Crippen LogP contribution in [0.4, 0.5) is 14.9 Å². The van der Waals surface area contributed by atoms with Crippen LogP contribution in [0.3, 0.4) is 0 Å².